The zero-order valence-corrected chi connectivity index (χ0v) is 18.5. The molecular weight excluding hydrogens is 382 g/mol. The third-order valence-electron chi connectivity index (χ3n) is 4.48. The van der Waals surface area contributed by atoms with Crippen molar-refractivity contribution < 1.29 is 14.3 Å². The van der Waals surface area contributed by atoms with Crippen molar-refractivity contribution in [2.45, 2.75) is 58.7 Å². The van der Waals surface area contributed by atoms with Gasteiger partial charge in [0.2, 0.25) is 0 Å². The molecular formula is C22H37N5O3. The molecule has 30 heavy (non-hydrogen) atoms. The zero-order valence-electron chi connectivity index (χ0n) is 18.5. The molecule has 2 amide bonds. The summed E-state index contributed by atoms with van der Waals surface area (Å²) in [5.74, 6) is 0.787. The number of hydrogen-bond donors (Lipinski definition) is 4. The van der Waals surface area contributed by atoms with E-state index < -0.39 is 0 Å². The van der Waals surface area contributed by atoms with Gasteiger partial charge in [0.1, 0.15) is 0 Å². The average molecular weight is 420 g/mol. The number of carbonyl (C=O) groups excluding carboxylic acids is 1. The summed E-state index contributed by atoms with van der Waals surface area (Å²) in [4.78, 5) is 16.4. The van der Waals surface area contributed by atoms with Gasteiger partial charge in [0.15, 0.2) is 5.96 Å². The van der Waals surface area contributed by atoms with Crippen molar-refractivity contribution in [3.05, 3.63) is 29.8 Å². The molecule has 0 radical (unpaired) electrons. The van der Waals surface area contributed by atoms with Gasteiger partial charge in [-0.15, -0.1) is 0 Å². The Labute approximate surface area is 180 Å². The molecule has 1 atom stereocenters. The van der Waals surface area contributed by atoms with Gasteiger partial charge >= 0.3 is 6.03 Å². The first kappa shape index (κ1) is 24.0. The number of urea groups is 1. The largest absolute Gasteiger partial charge is 0.379 e. The van der Waals surface area contributed by atoms with Gasteiger partial charge in [-0.3, -0.25) is 0 Å². The number of anilines is 1. The van der Waals surface area contributed by atoms with E-state index in [1.54, 1.807) is 0 Å². The minimum Gasteiger partial charge on any atom is -0.379 e. The molecule has 8 nitrogen and oxygen atoms in total. The van der Waals surface area contributed by atoms with Gasteiger partial charge in [0, 0.05) is 38.0 Å². The molecule has 1 fully saturated rings. The first-order valence-electron chi connectivity index (χ1n) is 10.9. The number of aliphatic imine (C=N–C) groups is 1. The second-order valence-corrected chi connectivity index (χ2v) is 7.64. The van der Waals surface area contributed by atoms with E-state index in [9.17, 15) is 4.79 Å². The van der Waals surface area contributed by atoms with Gasteiger partial charge in [-0.1, -0.05) is 12.1 Å². The maximum absolute atomic E-state index is 11.8. The van der Waals surface area contributed by atoms with Crippen LogP contribution in [0.25, 0.3) is 0 Å². The maximum atomic E-state index is 11.8. The van der Waals surface area contributed by atoms with E-state index in [-0.39, 0.29) is 18.2 Å². The smallest absolute Gasteiger partial charge is 0.319 e. The van der Waals surface area contributed by atoms with Crippen molar-refractivity contribution in [1.82, 2.24) is 16.0 Å². The van der Waals surface area contributed by atoms with Crippen LogP contribution in [-0.2, 0) is 16.0 Å². The Hall–Kier alpha value is -2.32. The van der Waals surface area contributed by atoms with Gasteiger partial charge < -0.3 is 30.7 Å². The van der Waals surface area contributed by atoms with Crippen LogP contribution in [0.5, 0.6) is 0 Å². The molecule has 0 spiro atoms. The van der Waals surface area contributed by atoms with Crippen LogP contribution in [0.1, 0.15) is 45.6 Å². The summed E-state index contributed by atoms with van der Waals surface area (Å²) in [5.41, 5.74) is 1.83. The fraction of sp³-hybridized carbons (Fsp3) is 0.636. The standard InChI is InChI=1S/C22H37N5O3/c1-4-23-21(24-12-6-13-29-16-20-7-5-14-30-20)25-15-18-8-10-19(11-9-18)27-22(28)26-17(2)3/h8-11,17,20H,4-7,12-16H2,1-3H3,(H2,23,24,25)(H2,26,27,28). The molecule has 1 heterocycles. The zero-order chi connectivity index (χ0) is 21.6. The number of benzene rings is 1. The van der Waals surface area contributed by atoms with E-state index in [4.69, 9.17) is 9.47 Å². The first-order chi connectivity index (χ1) is 14.6. The van der Waals surface area contributed by atoms with Crippen molar-refractivity contribution >= 4 is 17.7 Å². The molecule has 4 N–H and O–H groups in total. The lowest BCUT2D eigenvalue weighted by atomic mass is 10.2. The monoisotopic (exact) mass is 419 g/mol. The normalized spacial score (nSPS) is 16.5. The molecule has 2 rings (SSSR count). The van der Waals surface area contributed by atoms with Crippen LogP contribution in [0.3, 0.4) is 0 Å². The van der Waals surface area contributed by atoms with E-state index in [2.05, 4.69) is 26.3 Å². The lowest BCUT2D eigenvalue weighted by Crippen LogP contribution is -2.38. The highest BCUT2D eigenvalue weighted by Crippen LogP contribution is 2.12. The average Bonchev–Trinajstić information content (AvgIpc) is 3.22. The summed E-state index contributed by atoms with van der Waals surface area (Å²) in [6.07, 6.45) is 3.45. The summed E-state index contributed by atoms with van der Waals surface area (Å²) in [6.45, 7) is 10.3. The topological polar surface area (TPSA) is 96.0 Å². The van der Waals surface area contributed by atoms with E-state index >= 15 is 0 Å². The molecule has 0 bridgehead atoms. The van der Waals surface area contributed by atoms with E-state index in [1.165, 1.54) is 0 Å². The lowest BCUT2D eigenvalue weighted by Gasteiger charge is -2.13. The van der Waals surface area contributed by atoms with Gasteiger partial charge in [-0.05, 0) is 57.7 Å². The van der Waals surface area contributed by atoms with Gasteiger partial charge in [-0.25, -0.2) is 9.79 Å². The Morgan fingerprint density at radius 3 is 2.73 bits per heavy atom. The van der Waals surface area contributed by atoms with Crippen LogP contribution in [0, 0.1) is 0 Å². The summed E-state index contributed by atoms with van der Waals surface area (Å²) in [7, 11) is 0. The van der Waals surface area contributed by atoms with E-state index in [1.807, 2.05) is 45.0 Å². The van der Waals surface area contributed by atoms with Gasteiger partial charge in [0.25, 0.3) is 0 Å². The Morgan fingerprint density at radius 1 is 1.27 bits per heavy atom. The highest BCUT2D eigenvalue weighted by molar-refractivity contribution is 5.89. The molecule has 1 unspecified atom stereocenters. The Balaban J connectivity index is 1.69. The van der Waals surface area contributed by atoms with Crippen LogP contribution in [0.2, 0.25) is 0 Å². The summed E-state index contributed by atoms with van der Waals surface area (Å²) in [5, 5.41) is 12.2. The first-order valence-corrected chi connectivity index (χ1v) is 10.9. The summed E-state index contributed by atoms with van der Waals surface area (Å²) >= 11 is 0. The van der Waals surface area contributed by atoms with E-state index in [0.717, 1.165) is 56.2 Å². The summed E-state index contributed by atoms with van der Waals surface area (Å²) in [6, 6.07) is 7.61. The van der Waals surface area contributed by atoms with Crippen molar-refractivity contribution in [2.75, 3.05) is 38.2 Å². The molecule has 168 valence electrons. The molecule has 1 aliphatic heterocycles. The van der Waals surface area contributed by atoms with Gasteiger partial charge in [0.05, 0.1) is 19.3 Å². The molecule has 1 aliphatic rings. The van der Waals surface area contributed by atoms with Crippen molar-refractivity contribution in [1.29, 1.82) is 0 Å². The molecule has 1 saturated heterocycles. The number of carbonyl (C=O) groups is 1. The molecule has 8 heteroatoms. The molecule has 1 aromatic rings. The predicted octanol–water partition coefficient (Wildman–Crippen LogP) is 2.86. The number of ether oxygens (including phenoxy) is 2. The Kier molecular flexibility index (Phi) is 11.0. The number of nitrogens with one attached hydrogen (secondary N) is 4. The third kappa shape index (κ3) is 9.93. The minimum atomic E-state index is -0.200. The number of rotatable bonds is 11. The lowest BCUT2D eigenvalue weighted by molar-refractivity contribution is 0.0168. The number of nitrogens with zero attached hydrogens (tertiary/aromatic N) is 1. The van der Waals surface area contributed by atoms with Crippen molar-refractivity contribution in [3.63, 3.8) is 0 Å². The maximum Gasteiger partial charge on any atom is 0.319 e. The Morgan fingerprint density at radius 2 is 2.07 bits per heavy atom. The third-order valence-corrected chi connectivity index (χ3v) is 4.48. The highest BCUT2D eigenvalue weighted by Gasteiger charge is 2.14. The second-order valence-electron chi connectivity index (χ2n) is 7.64. The molecule has 0 aliphatic carbocycles. The fourth-order valence-electron chi connectivity index (χ4n) is 3.01. The van der Waals surface area contributed by atoms with Crippen LogP contribution in [0.4, 0.5) is 10.5 Å². The van der Waals surface area contributed by atoms with Crippen LogP contribution in [-0.4, -0.2) is 57.0 Å². The molecule has 0 aromatic heterocycles. The second kappa shape index (κ2) is 13.8. The predicted molar refractivity (Wildman–Crippen MR) is 121 cm³/mol. The number of amides is 2. The Bertz CT molecular complexity index is 643. The number of guanidine groups is 1. The van der Waals surface area contributed by atoms with E-state index in [0.29, 0.717) is 19.8 Å². The highest BCUT2D eigenvalue weighted by atomic mass is 16.5. The van der Waals surface area contributed by atoms with Crippen LogP contribution in [0.15, 0.2) is 29.3 Å². The van der Waals surface area contributed by atoms with Crippen LogP contribution < -0.4 is 21.3 Å². The SMILES string of the molecule is CCNC(=NCc1ccc(NC(=O)NC(C)C)cc1)NCCCOCC1CCCO1. The van der Waals surface area contributed by atoms with Gasteiger partial charge in [-0.2, -0.15) is 0 Å². The quantitative estimate of drug-likeness (QED) is 0.251. The molecule has 1 aromatic carbocycles. The summed E-state index contributed by atoms with van der Waals surface area (Å²) < 4.78 is 11.2. The fourth-order valence-corrected chi connectivity index (χ4v) is 3.01. The molecule has 0 saturated carbocycles. The minimum absolute atomic E-state index is 0.100. The van der Waals surface area contributed by atoms with Crippen molar-refractivity contribution in [3.8, 4) is 0 Å². The van der Waals surface area contributed by atoms with Crippen molar-refractivity contribution in [2.24, 2.45) is 4.99 Å². The van der Waals surface area contributed by atoms with Crippen LogP contribution >= 0.6 is 0 Å². The number of hydrogen-bond acceptors (Lipinski definition) is 4.